The molecular formula is C15H18ClFO. The molecular weight excluding hydrogens is 251 g/mol. The van der Waals surface area contributed by atoms with Crippen LogP contribution in [0.1, 0.15) is 44.6 Å². The smallest absolute Gasteiger partial charge is 0.143 e. The van der Waals surface area contributed by atoms with E-state index in [9.17, 15) is 9.18 Å². The summed E-state index contributed by atoms with van der Waals surface area (Å²) in [5.74, 6) is -0.148. The Kier molecular flexibility index (Phi) is 4.06. The Morgan fingerprint density at radius 3 is 2.67 bits per heavy atom. The summed E-state index contributed by atoms with van der Waals surface area (Å²) in [5, 5.41) is 0.476. The van der Waals surface area contributed by atoms with Crippen LogP contribution in [0.4, 0.5) is 4.39 Å². The van der Waals surface area contributed by atoms with Crippen LogP contribution in [0.25, 0.3) is 0 Å². The van der Waals surface area contributed by atoms with Crippen LogP contribution in [0.5, 0.6) is 0 Å². The zero-order valence-electron chi connectivity index (χ0n) is 10.6. The van der Waals surface area contributed by atoms with Gasteiger partial charge in [0, 0.05) is 16.9 Å². The summed E-state index contributed by atoms with van der Waals surface area (Å²) in [7, 11) is 0. The van der Waals surface area contributed by atoms with E-state index in [1.54, 1.807) is 0 Å². The summed E-state index contributed by atoms with van der Waals surface area (Å²) >= 11 is 6.01. The van der Waals surface area contributed by atoms with E-state index in [1.807, 2.05) is 6.92 Å². The number of hydrogen-bond acceptors (Lipinski definition) is 1. The lowest BCUT2D eigenvalue weighted by Crippen LogP contribution is -2.31. The summed E-state index contributed by atoms with van der Waals surface area (Å²) < 4.78 is 13.2. The predicted octanol–water partition coefficient (Wildman–Crippen LogP) is 4.56. The average Bonchev–Trinajstić information content (AvgIpc) is 2.35. The second kappa shape index (κ2) is 5.40. The van der Waals surface area contributed by atoms with Crippen LogP contribution in [0.15, 0.2) is 18.2 Å². The maximum atomic E-state index is 13.2. The molecule has 0 heterocycles. The fourth-order valence-corrected chi connectivity index (χ4v) is 2.86. The Balaban J connectivity index is 2.13. The molecule has 1 aromatic carbocycles. The first-order valence-corrected chi connectivity index (χ1v) is 6.86. The van der Waals surface area contributed by atoms with Gasteiger partial charge in [-0.15, -0.1) is 0 Å². The predicted molar refractivity (Wildman–Crippen MR) is 71.3 cm³/mol. The highest BCUT2D eigenvalue weighted by atomic mass is 35.5. The summed E-state index contributed by atoms with van der Waals surface area (Å²) in [6.45, 7) is 2.03. The van der Waals surface area contributed by atoms with Crippen molar-refractivity contribution in [2.75, 3.05) is 0 Å². The molecule has 1 saturated carbocycles. The number of hydrogen-bond donors (Lipinski definition) is 0. The molecule has 1 aliphatic rings. The molecule has 0 atom stereocenters. The molecule has 0 saturated heterocycles. The van der Waals surface area contributed by atoms with Crippen molar-refractivity contribution in [2.45, 2.75) is 45.4 Å². The van der Waals surface area contributed by atoms with Crippen LogP contribution in [-0.2, 0) is 11.2 Å². The molecule has 0 aliphatic heterocycles. The number of carbonyl (C=O) groups is 1. The number of carbonyl (C=O) groups excluding carboxylic acids is 1. The third-order valence-corrected chi connectivity index (χ3v) is 4.36. The number of halogens is 2. The van der Waals surface area contributed by atoms with Crippen molar-refractivity contribution >= 4 is 17.4 Å². The van der Waals surface area contributed by atoms with Crippen molar-refractivity contribution < 1.29 is 9.18 Å². The quantitative estimate of drug-likeness (QED) is 0.785. The summed E-state index contributed by atoms with van der Waals surface area (Å²) in [5.41, 5.74) is 0.363. The first-order chi connectivity index (χ1) is 8.51. The Bertz CT molecular complexity index is 450. The molecule has 0 radical (unpaired) electrons. The molecule has 0 aromatic heterocycles. The van der Waals surface area contributed by atoms with Crippen LogP contribution in [-0.4, -0.2) is 5.78 Å². The molecule has 3 heteroatoms. The van der Waals surface area contributed by atoms with Gasteiger partial charge in [0.25, 0.3) is 0 Å². The topological polar surface area (TPSA) is 17.1 Å². The van der Waals surface area contributed by atoms with Gasteiger partial charge in [0.05, 0.1) is 0 Å². The zero-order valence-corrected chi connectivity index (χ0v) is 11.4. The van der Waals surface area contributed by atoms with Crippen molar-refractivity contribution in [2.24, 2.45) is 5.41 Å². The van der Waals surface area contributed by atoms with Gasteiger partial charge < -0.3 is 0 Å². The van der Waals surface area contributed by atoms with Crippen LogP contribution in [0.2, 0.25) is 5.02 Å². The Hall–Kier alpha value is -0.890. The third-order valence-electron chi connectivity index (χ3n) is 3.99. The van der Waals surface area contributed by atoms with E-state index >= 15 is 0 Å². The molecule has 0 amide bonds. The molecule has 0 spiro atoms. The van der Waals surface area contributed by atoms with Gasteiger partial charge >= 0.3 is 0 Å². The Morgan fingerprint density at radius 1 is 1.33 bits per heavy atom. The van der Waals surface area contributed by atoms with Crippen LogP contribution in [0, 0.1) is 11.2 Å². The second-order valence-corrected chi connectivity index (χ2v) is 5.86. The van der Waals surface area contributed by atoms with Gasteiger partial charge in [-0.3, -0.25) is 4.79 Å². The number of rotatable bonds is 3. The highest BCUT2D eigenvalue weighted by Crippen LogP contribution is 2.37. The fourth-order valence-electron chi connectivity index (χ4n) is 2.68. The van der Waals surface area contributed by atoms with Crippen molar-refractivity contribution in [3.8, 4) is 0 Å². The maximum Gasteiger partial charge on any atom is 0.143 e. The molecule has 18 heavy (non-hydrogen) atoms. The highest BCUT2D eigenvalue weighted by Gasteiger charge is 2.34. The molecule has 1 aromatic rings. The van der Waals surface area contributed by atoms with Gasteiger partial charge in [0.15, 0.2) is 0 Å². The van der Waals surface area contributed by atoms with E-state index in [0.29, 0.717) is 10.6 Å². The van der Waals surface area contributed by atoms with Crippen LogP contribution < -0.4 is 0 Å². The van der Waals surface area contributed by atoms with Crippen molar-refractivity contribution in [3.63, 3.8) is 0 Å². The van der Waals surface area contributed by atoms with Gasteiger partial charge in [0.2, 0.25) is 0 Å². The minimum Gasteiger partial charge on any atom is -0.299 e. The molecule has 0 bridgehead atoms. The standard InChI is InChI=1S/C15H18ClFO/c1-15(7-3-2-4-8-15)14(18)10-11-9-12(17)5-6-13(11)16/h5-6,9H,2-4,7-8,10H2,1H3. The SMILES string of the molecule is CC1(C(=O)Cc2cc(F)ccc2Cl)CCCCC1. The van der Waals surface area contributed by atoms with E-state index in [4.69, 9.17) is 11.6 Å². The van der Waals surface area contributed by atoms with Crippen molar-refractivity contribution in [1.82, 2.24) is 0 Å². The second-order valence-electron chi connectivity index (χ2n) is 5.46. The summed E-state index contributed by atoms with van der Waals surface area (Å²) in [4.78, 5) is 12.4. The highest BCUT2D eigenvalue weighted by molar-refractivity contribution is 6.31. The largest absolute Gasteiger partial charge is 0.299 e. The van der Waals surface area contributed by atoms with E-state index < -0.39 is 0 Å². The van der Waals surface area contributed by atoms with Crippen LogP contribution >= 0.6 is 11.6 Å². The first kappa shape index (κ1) is 13.5. The fraction of sp³-hybridized carbons (Fsp3) is 0.533. The number of ketones is 1. The monoisotopic (exact) mass is 268 g/mol. The van der Waals surface area contributed by atoms with Gasteiger partial charge in [-0.1, -0.05) is 37.8 Å². The molecule has 0 unspecified atom stereocenters. The zero-order chi connectivity index (χ0) is 13.2. The third kappa shape index (κ3) is 2.92. The molecule has 1 aliphatic carbocycles. The first-order valence-electron chi connectivity index (χ1n) is 6.48. The van der Waals surface area contributed by atoms with Crippen LogP contribution in [0.3, 0.4) is 0 Å². The van der Waals surface area contributed by atoms with E-state index in [2.05, 4.69) is 0 Å². The lowest BCUT2D eigenvalue weighted by Gasteiger charge is -2.32. The minimum absolute atomic E-state index is 0.190. The Morgan fingerprint density at radius 2 is 2.00 bits per heavy atom. The lowest BCUT2D eigenvalue weighted by atomic mass is 9.71. The summed E-state index contributed by atoms with van der Waals surface area (Å²) in [6.07, 6.45) is 5.56. The van der Waals surface area contributed by atoms with Gasteiger partial charge in [0.1, 0.15) is 11.6 Å². The van der Waals surface area contributed by atoms with Crippen molar-refractivity contribution in [1.29, 1.82) is 0 Å². The van der Waals surface area contributed by atoms with E-state index in [0.717, 1.165) is 25.7 Å². The summed E-state index contributed by atoms with van der Waals surface area (Å²) in [6, 6.07) is 4.20. The number of Topliss-reactive ketones (excluding diaryl/α,β-unsaturated/α-hetero) is 1. The van der Waals surface area contributed by atoms with E-state index in [1.165, 1.54) is 24.6 Å². The lowest BCUT2D eigenvalue weighted by molar-refractivity contribution is -0.128. The van der Waals surface area contributed by atoms with E-state index in [-0.39, 0.29) is 23.4 Å². The van der Waals surface area contributed by atoms with Crippen molar-refractivity contribution in [3.05, 3.63) is 34.6 Å². The van der Waals surface area contributed by atoms with Gasteiger partial charge in [-0.05, 0) is 36.6 Å². The van der Waals surface area contributed by atoms with Gasteiger partial charge in [-0.25, -0.2) is 4.39 Å². The Labute approximate surface area is 112 Å². The molecule has 1 nitrogen and oxygen atoms in total. The normalized spacial score (nSPS) is 18.6. The molecule has 0 N–H and O–H groups in total. The average molecular weight is 269 g/mol. The maximum absolute atomic E-state index is 13.2. The molecule has 1 fully saturated rings. The molecule has 2 rings (SSSR count). The number of benzene rings is 1. The van der Waals surface area contributed by atoms with Gasteiger partial charge in [-0.2, -0.15) is 0 Å². The molecule has 98 valence electrons. The minimum atomic E-state index is -0.337.